The molecule has 0 amide bonds. The number of nitrogen functional groups attached to an aromatic ring is 1. The Bertz CT molecular complexity index is 722. The van der Waals surface area contributed by atoms with E-state index in [1.54, 1.807) is 12.1 Å². The molecule has 0 aliphatic heterocycles. The van der Waals surface area contributed by atoms with E-state index in [0.29, 0.717) is 16.1 Å². The molecule has 0 aromatic heterocycles. The highest BCUT2D eigenvalue weighted by molar-refractivity contribution is 7.84. The van der Waals surface area contributed by atoms with Crippen molar-refractivity contribution in [1.82, 2.24) is 0 Å². The average Bonchev–Trinajstić information content (AvgIpc) is 2.40. The van der Waals surface area contributed by atoms with Crippen molar-refractivity contribution in [3.05, 3.63) is 58.9 Å². The van der Waals surface area contributed by atoms with Crippen molar-refractivity contribution in [1.29, 1.82) is 5.26 Å². The van der Waals surface area contributed by atoms with Crippen LogP contribution in [0.1, 0.15) is 16.7 Å². The van der Waals surface area contributed by atoms with E-state index < -0.39 is 16.6 Å². The van der Waals surface area contributed by atoms with E-state index in [-0.39, 0.29) is 11.3 Å². The number of anilines is 1. The van der Waals surface area contributed by atoms with Gasteiger partial charge in [0.2, 0.25) is 0 Å². The van der Waals surface area contributed by atoms with Crippen molar-refractivity contribution in [2.45, 2.75) is 17.6 Å². The average molecular weight is 288 g/mol. The summed E-state index contributed by atoms with van der Waals surface area (Å²) in [5.41, 5.74) is 7.95. The molecule has 2 aromatic rings. The van der Waals surface area contributed by atoms with Crippen molar-refractivity contribution in [3.63, 3.8) is 0 Å². The van der Waals surface area contributed by atoms with Crippen LogP contribution < -0.4 is 5.73 Å². The van der Waals surface area contributed by atoms with Crippen molar-refractivity contribution in [3.8, 4) is 6.07 Å². The molecule has 0 saturated heterocycles. The van der Waals surface area contributed by atoms with Crippen LogP contribution in [0.4, 0.5) is 10.1 Å². The van der Waals surface area contributed by atoms with E-state index in [0.717, 1.165) is 11.6 Å². The number of nitrogens with zero attached hydrogens (tertiary/aromatic N) is 1. The molecule has 0 bridgehead atoms. The zero-order valence-corrected chi connectivity index (χ0v) is 11.7. The molecule has 0 heterocycles. The van der Waals surface area contributed by atoms with Gasteiger partial charge in [-0.1, -0.05) is 6.07 Å². The fourth-order valence-electron chi connectivity index (χ4n) is 1.87. The lowest BCUT2D eigenvalue weighted by atomic mass is 10.1. The van der Waals surface area contributed by atoms with E-state index in [4.69, 9.17) is 11.0 Å². The lowest BCUT2D eigenvalue weighted by Crippen LogP contribution is -2.02. The standard InChI is InChI=1S/C15H13FN2OS/c1-10-2-3-14(18)15(4-10)20(19)9-12-5-11(8-17)6-13(16)7-12/h2-7H,9,18H2,1H3. The van der Waals surface area contributed by atoms with Gasteiger partial charge in [-0.2, -0.15) is 5.26 Å². The SMILES string of the molecule is Cc1ccc(N)c(S(=O)Cc2cc(F)cc(C#N)c2)c1. The Labute approximate surface area is 119 Å². The molecular formula is C15H13FN2OS. The maximum Gasteiger partial charge on any atom is 0.124 e. The van der Waals surface area contributed by atoms with Crippen LogP contribution in [0, 0.1) is 24.1 Å². The van der Waals surface area contributed by atoms with Gasteiger partial charge in [-0.25, -0.2) is 4.39 Å². The molecule has 0 saturated carbocycles. The number of nitriles is 1. The number of benzene rings is 2. The molecule has 1 unspecified atom stereocenters. The summed E-state index contributed by atoms with van der Waals surface area (Å²) in [6.45, 7) is 1.89. The highest BCUT2D eigenvalue weighted by Gasteiger charge is 2.11. The van der Waals surface area contributed by atoms with Gasteiger partial charge in [0, 0.05) is 5.69 Å². The van der Waals surface area contributed by atoms with Gasteiger partial charge in [0.05, 0.1) is 33.1 Å². The number of hydrogen-bond acceptors (Lipinski definition) is 3. The van der Waals surface area contributed by atoms with E-state index in [9.17, 15) is 8.60 Å². The molecule has 2 rings (SSSR count). The molecular weight excluding hydrogens is 275 g/mol. The van der Waals surface area contributed by atoms with Crippen molar-refractivity contribution < 1.29 is 8.60 Å². The third-order valence-electron chi connectivity index (χ3n) is 2.80. The third kappa shape index (κ3) is 3.22. The molecule has 102 valence electrons. The maximum atomic E-state index is 13.3. The minimum absolute atomic E-state index is 0.125. The molecule has 5 heteroatoms. The van der Waals surface area contributed by atoms with Crippen LogP contribution >= 0.6 is 0 Å². The van der Waals surface area contributed by atoms with Crippen LogP contribution in [0.5, 0.6) is 0 Å². The van der Waals surface area contributed by atoms with Gasteiger partial charge in [-0.3, -0.25) is 4.21 Å². The van der Waals surface area contributed by atoms with E-state index in [2.05, 4.69) is 0 Å². The molecule has 2 N–H and O–H groups in total. The minimum Gasteiger partial charge on any atom is -0.398 e. The Morgan fingerprint density at radius 3 is 2.75 bits per heavy atom. The highest BCUT2D eigenvalue weighted by atomic mass is 32.2. The number of aryl methyl sites for hydroxylation is 1. The molecule has 0 aliphatic rings. The smallest absolute Gasteiger partial charge is 0.124 e. The second-order valence-electron chi connectivity index (χ2n) is 4.49. The van der Waals surface area contributed by atoms with E-state index >= 15 is 0 Å². The first-order chi connectivity index (χ1) is 9.49. The highest BCUT2D eigenvalue weighted by Crippen LogP contribution is 2.21. The van der Waals surface area contributed by atoms with Crippen molar-refractivity contribution in [2.24, 2.45) is 0 Å². The van der Waals surface area contributed by atoms with Crippen LogP contribution in [0.3, 0.4) is 0 Å². The van der Waals surface area contributed by atoms with Crippen molar-refractivity contribution >= 4 is 16.5 Å². The lowest BCUT2D eigenvalue weighted by molar-refractivity contribution is 0.625. The fourth-order valence-corrected chi connectivity index (χ4v) is 3.14. The summed E-state index contributed by atoms with van der Waals surface area (Å²) in [6.07, 6.45) is 0. The van der Waals surface area contributed by atoms with Crippen molar-refractivity contribution in [2.75, 3.05) is 5.73 Å². The first-order valence-electron chi connectivity index (χ1n) is 5.93. The normalized spacial score (nSPS) is 11.8. The Hall–Kier alpha value is -2.19. The van der Waals surface area contributed by atoms with Gasteiger partial charge in [0.15, 0.2) is 0 Å². The summed E-state index contributed by atoms with van der Waals surface area (Å²) in [4.78, 5) is 0.535. The Balaban J connectivity index is 2.30. The van der Waals surface area contributed by atoms with Gasteiger partial charge in [0.25, 0.3) is 0 Å². The summed E-state index contributed by atoms with van der Waals surface area (Å²) in [5, 5.41) is 8.81. The lowest BCUT2D eigenvalue weighted by Gasteiger charge is -2.07. The predicted octanol–water partition coefficient (Wildman–Crippen LogP) is 2.90. The summed E-state index contributed by atoms with van der Waals surface area (Å²) in [5.74, 6) is -0.381. The topological polar surface area (TPSA) is 66.9 Å². The molecule has 1 atom stereocenters. The zero-order chi connectivity index (χ0) is 14.7. The summed E-state index contributed by atoms with van der Waals surface area (Å²) in [7, 11) is -1.38. The van der Waals surface area contributed by atoms with Crippen LogP contribution in [0.2, 0.25) is 0 Å². The first kappa shape index (κ1) is 14.2. The Morgan fingerprint density at radius 1 is 1.30 bits per heavy atom. The maximum absolute atomic E-state index is 13.3. The van der Waals surface area contributed by atoms with Gasteiger partial charge in [-0.05, 0) is 48.4 Å². The first-order valence-corrected chi connectivity index (χ1v) is 7.25. The molecule has 0 spiro atoms. The molecule has 2 aromatic carbocycles. The third-order valence-corrected chi connectivity index (χ3v) is 4.24. The van der Waals surface area contributed by atoms with Crippen LogP contribution in [0.15, 0.2) is 41.3 Å². The summed E-state index contributed by atoms with van der Waals surface area (Å²) < 4.78 is 25.7. The van der Waals surface area contributed by atoms with Crippen LogP contribution in [-0.4, -0.2) is 4.21 Å². The van der Waals surface area contributed by atoms with Gasteiger partial charge in [-0.15, -0.1) is 0 Å². The molecule has 0 aliphatic carbocycles. The number of halogens is 1. The number of hydrogen-bond donors (Lipinski definition) is 1. The molecule has 20 heavy (non-hydrogen) atoms. The fraction of sp³-hybridized carbons (Fsp3) is 0.133. The Kier molecular flexibility index (Phi) is 4.16. The Morgan fingerprint density at radius 2 is 2.05 bits per heavy atom. The van der Waals surface area contributed by atoms with Crippen LogP contribution in [0.25, 0.3) is 0 Å². The number of rotatable bonds is 3. The second kappa shape index (κ2) is 5.85. The van der Waals surface area contributed by atoms with E-state index in [1.165, 1.54) is 12.1 Å². The van der Waals surface area contributed by atoms with Gasteiger partial charge < -0.3 is 5.73 Å². The second-order valence-corrected chi connectivity index (χ2v) is 5.91. The number of nitrogens with two attached hydrogens (primary N) is 1. The quantitative estimate of drug-likeness (QED) is 0.883. The minimum atomic E-state index is -1.38. The van der Waals surface area contributed by atoms with Gasteiger partial charge >= 0.3 is 0 Å². The van der Waals surface area contributed by atoms with Gasteiger partial charge in [0.1, 0.15) is 5.82 Å². The van der Waals surface area contributed by atoms with E-state index in [1.807, 2.05) is 19.1 Å². The summed E-state index contributed by atoms with van der Waals surface area (Å²) in [6, 6.07) is 11.1. The molecule has 0 fully saturated rings. The van der Waals surface area contributed by atoms with Crippen LogP contribution in [-0.2, 0) is 16.6 Å². The molecule has 3 nitrogen and oxygen atoms in total. The predicted molar refractivity (Wildman–Crippen MR) is 76.8 cm³/mol. The molecule has 0 radical (unpaired) electrons. The largest absolute Gasteiger partial charge is 0.398 e. The monoisotopic (exact) mass is 288 g/mol. The zero-order valence-electron chi connectivity index (χ0n) is 10.9. The summed E-state index contributed by atoms with van der Waals surface area (Å²) >= 11 is 0.